The van der Waals surface area contributed by atoms with Crippen LogP contribution in [0.4, 0.5) is 0 Å². The minimum atomic E-state index is 0.0742. The molecular weight excluding hydrogens is 188 g/mol. The monoisotopic (exact) mass is 208 g/mol. The van der Waals surface area contributed by atoms with Crippen molar-refractivity contribution in [3.63, 3.8) is 0 Å². The van der Waals surface area contributed by atoms with Crippen LogP contribution in [0.5, 0.6) is 0 Å². The van der Waals surface area contributed by atoms with Gasteiger partial charge in [0, 0.05) is 12.0 Å². The van der Waals surface area contributed by atoms with Gasteiger partial charge < -0.3 is 4.74 Å². The summed E-state index contributed by atoms with van der Waals surface area (Å²) < 4.78 is 5.90. The Balaban J connectivity index is 1.67. The van der Waals surface area contributed by atoms with Gasteiger partial charge in [0.15, 0.2) is 0 Å². The molecule has 1 N–H and O–H groups in total. The van der Waals surface area contributed by atoms with Gasteiger partial charge in [-0.25, -0.2) is 0 Å². The van der Waals surface area contributed by atoms with Gasteiger partial charge in [-0.05, 0) is 32.7 Å². The van der Waals surface area contributed by atoms with Crippen LogP contribution in [-0.2, 0) is 4.74 Å². The van der Waals surface area contributed by atoms with Gasteiger partial charge in [-0.3, -0.25) is 10.2 Å². The maximum Gasteiger partial charge on any atom is 0.147 e. The fourth-order valence-electron chi connectivity index (χ4n) is 4.37. The van der Waals surface area contributed by atoms with E-state index in [9.17, 15) is 0 Å². The third kappa shape index (κ3) is 0.931. The number of nitrogens with one attached hydrogen (secondary N) is 1. The molecule has 0 bridgehead atoms. The molecule has 3 heterocycles. The molecule has 6 atom stereocenters. The van der Waals surface area contributed by atoms with Crippen LogP contribution in [0.15, 0.2) is 0 Å². The summed E-state index contributed by atoms with van der Waals surface area (Å²) in [5, 5.41) is 3.84. The lowest BCUT2D eigenvalue weighted by molar-refractivity contribution is 0.0419. The van der Waals surface area contributed by atoms with Gasteiger partial charge in [-0.2, -0.15) is 0 Å². The van der Waals surface area contributed by atoms with Gasteiger partial charge in [0.05, 0.1) is 6.17 Å². The van der Waals surface area contributed by atoms with E-state index in [1.807, 2.05) is 0 Å². The lowest BCUT2D eigenvalue weighted by atomic mass is 9.78. The van der Waals surface area contributed by atoms with Crippen LogP contribution in [0.1, 0.15) is 32.6 Å². The van der Waals surface area contributed by atoms with E-state index < -0.39 is 0 Å². The van der Waals surface area contributed by atoms with Crippen molar-refractivity contribution in [3.8, 4) is 0 Å². The number of rotatable bonds is 0. The molecule has 0 aromatic carbocycles. The van der Waals surface area contributed by atoms with Crippen molar-refractivity contribution in [2.45, 2.75) is 56.6 Å². The molecule has 0 spiro atoms. The van der Waals surface area contributed by atoms with Crippen molar-refractivity contribution in [1.82, 2.24) is 10.2 Å². The normalized spacial score (nSPS) is 62.4. The number of likely N-dealkylation sites (N-methyl/N-ethyl adjacent to an activating group) is 1. The Hall–Kier alpha value is -0.120. The van der Waals surface area contributed by atoms with Crippen LogP contribution >= 0.6 is 0 Å². The molecule has 3 saturated heterocycles. The molecule has 0 aromatic heterocycles. The van der Waals surface area contributed by atoms with Crippen molar-refractivity contribution in [2.24, 2.45) is 11.8 Å². The molecule has 0 radical (unpaired) electrons. The summed E-state index contributed by atoms with van der Waals surface area (Å²) in [6.45, 7) is 2.25. The molecule has 3 heteroatoms. The summed E-state index contributed by atoms with van der Waals surface area (Å²) in [7, 11) is 2.22. The number of ether oxygens (including phenoxy) is 1. The fourth-order valence-corrected chi connectivity index (χ4v) is 4.37. The van der Waals surface area contributed by atoms with E-state index >= 15 is 0 Å². The van der Waals surface area contributed by atoms with Crippen LogP contribution in [0.25, 0.3) is 0 Å². The summed E-state index contributed by atoms with van der Waals surface area (Å²) in [6, 6.07) is 0.782. The van der Waals surface area contributed by atoms with Gasteiger partial charge in [0.2, 0.25) is 0 Å². The second kappa shape index (κ2) is 2.58. The van der Waals surface area contributed by atoms with Crippen LogP contribution in [-0.4, -0.2) is 36.0 Å². The van der Waals surface area contributed by atoms with Gasteiger partial charge in [0.1, 0.15) is 11.8 Å². The fraction of sp³-hybridized carbons (Fsp3) is 1.00. The summed E-state index contributed by atoms with van der Waals surface area (Å²) in [6.07, 6.45) is 6.77. The zero-order chi connectivity index (χ0) is 10.2. The highest BCUT2D eigenvalue weighted by Gasteiger charge is 2.72. The molecular formula is C12H20N2O. The Morgan fingerprint density at radius 2 is 2.13 bits per heavy atom. The van der Waals surface area contributed by atoms with E-state index in [4.69, 9.17) is 4.74 Å². The van der Waals surface area contributed by atoms with E-state index in [0.29, 0.717) is 12.3 Å². The maximum atomic E-state index is 5.90. The number of fused-ring (bicyclic) bond motifs is 5. The quantitative estimate of drug-likeness (QED) is 0.605. The van der Waals surface area contributed by atoms with Crippen molar-refractivity contribution in [3.05, 3.63) is 0 Å². The highest BCUT2D eigenvalue weighted by atomic mass is 16.6. The van der Waals surface area contributed by atoms with Crippen molar-refractivity contribution in [2.75, 3.05) is 7.05 Å². The van der Waals surface area contributed by atoms with E-state index in [1.54, 1.807) is 0 Å². The number of likely N-dealkylation sites (tertiary alicyclic amines) is 1. The zero-order valence-corrected chi connectivity index (χ0v) is 9.57. The number of hydrogen-bond donors (Lipinski definition) is 1. The Morgan fingerprint density at radius 1 is 1.33 bits per heavy atom. The minimum absolute atomic E-state index is 0.0742. The lowest BCUT2D eigenvalue weighted by Crippen LogP contribution is -2.46. The Bertz CT molecular complexity index is 306. The molecule has 3 nitrogen and oxygen atoms in total. The van der Waals surface area contributed by atoms with Gasteiger partial charge in [-0.1, -0.05) is 12.8 Å². The number of nitrogens with zero attached hydrogens (tertiary/aromatic N) is 1. The number of epoxide rings is 1. The van der Waals surface area contributed by atoms with E-state index in [0.717, 1.165) is 17.9 Å². The van der Waals surface area contributed by atoms with Crippen molar-refractivity contribution in [1.29, 1.82) is 0 Å². The zero-order valence-electron chi connectivity index (χ0n) is 9.57. The highest BCUT2D eigenvalue weighted by molar-refractivity contribution is 5.18. The molecule has 0 amide bonds. The molecule has 4 aliphatic rings. The molecule has 6 unspecified atom stereocenters. The molecule has 4 rings (SSSR count). The summed E-state index contributed by atoms with van der Waals surface area (Å²) in [4.78, 5) is 2.43. The molecule has 0 aromatic rings. The maximum absolute atomic E-state index is 5.90. The Kier molecular flexibility index (Phi) is 1.54. The number of hydrogen-bond acceptors (Lipinski definition) is 3. The first-order valence-corrected chi connectivity index (χ1v) is 6.38. The molecule has 4 fully saturated rings. The lowest BCUT2D eigenvalue weighted by Gasteiger charge is -2.27. The summed E-state index contributed by atoms with van der Waals surface area (Å²) >= 11 is 0. The van der Waals surface area contributed by atoms with Crippen LogP contribution in [0.2, 0.25) is 0 Å². The largest absolute Gasteiger partial charge is 0.350 e. The van der Waals surface area contributed by atoms with Crippen LogP contribution in [0, 0.1) is 11.8 Å². The molecule has 3 aliphatic heterocycles. The van der Waals surface area contributed by atoms with Gasteiger partial charge in [0.25, 0.3) is 0 Å². The summed E-state index contributed by atoms with van der Waals surface area (Å²) in [5.74, 6) is 1.66. The molecule has 15 heavy (non-hydrogen) atoms. The topological polar surface area (TPSA) is 27.8 Å². The molecule has 1 aliphatic carbocycles. The predicted molar refractivity (Wildman–Crippen MR) is 57.2 cm³/mol. The minimum Gasteiger partial charge on any atom is -0.350 e. The first-order valence-electron chi connectivity index (χ1n) is 6.38. The summed E-state index contributed by atoms with van der Waals surface area (Å²) in [5.41, 5.74) is 0.0742. The van der Waals surface area contributed by atoms with E-state index in [2.05, 4.69) is 24.2 Å². The molecule has 84 valence electrons. The van der Waals surface area contributed by atoms with Crippen LogP contribution < -0.4 is 5.32 Å². The first kappa shape index (κ1) is 8.97. The highest BCUT2D eigenvalue weighted by Crippen LogP contribution is 2.58. The third-order valence-electron chi connectivity index (χ3n) is 5.37. The van der Waals surface area contributed by atoms with Crippen molar-refractivity contribution < 1.29 is 4.74 Å². The van der Waals surface area contributed by atoms with Crippen molar-refractivity contribution >= 4 is 0 Å². The Labute approximate surface area is 91.2 Å². The molecule has 1 saturated carbocycles. The predicted octanol–water partition coefficient (Wildman–Crippen LogP) is 1.15. The van der Waals surface area contributed by atoms with E-state index in [1.165, 1.54) is 25.7 Å². The van der Waals surface area contributed by atoms with E-state index in [-0.39, 0.29) is 5.72 Å². The average Bonchev–Trinajstić information content (AvgIpc) is 2.71. The average molecular weight is 208 g/mol. The SMILES string of the molecule is CN1C2NC3CCCCC3C2C2OC21C. The van der Waals surface area contributed by atoms with Gasteiger partial charge >= 0.3 is 0 Å². The smallest absolute Gasteiger partial charge is 0.147 e. The second-order valence-electron chi connectivity index (χ2n) is 5.95. The second-order valence-corrected chi connectivity index (χ2v) is 5.95. The standard InChI is InChI=1S/C12H20N2O/c1-12-10(15-12)9-7-5-3-4-6-8(7)13-11(9)14(12)2/h7-11,13H,3-6H2,1-2H3. The Morgan fingerprint density at radius 3 is 3.00 bits per heavy atom. The third-order valence-corrected chi connectivity index (χ3v) is 5.37. The first-order chi connectivity index (χ1) is 7.22. The van der Waals surface area contributed by atoms with Crippen LogP contribution in [0.3, 0.4) is 0 Å². The van der Waals surface area contributed by atoms with Gasteiger partial charge in [-0.15, -0.1) is 0 Å².